The molecule has 0 unspecified atom stereocenters. The molecule has 0 atom stereocenters. The van der Waals surface area contributed by atoms with Crippen molar-refractivity contribution in [3.8, 4) is 5.75 Å². The Morgan fingerprint density at radius 2 is 1.89 bits per heavy atom. The molecule has 5 nitrogen and oxygen atoms in total. The third-order valence-corrected chi connectivity index (χ3v) is 4.69. The number of ether oxygens (including phenoxy) is 2. The summed E-state index contributed by atoms with van der Waals surface area (Å²) in [5.74, 6) is 0.472. The van der Waals surface area contributed by atoms with Crippen LogP contribution in [0.5, 0.6) is 5.75 Å². The van der Waals surface area contributed by atoms with Gasteiger partial charge in [-0.25, -0.2) is 4.79 Å². The van der Waals surface area contributed by atoms with Gasteiger partial charge >= 0.3 is 11.6 Å². The van der Waals surface area contributed by atoms with Gasteiger partial charge in [-0.2, -0.15) is 0 Å². The largest absolute Gasteiger partial charge is 0.494 e. The Bertz CT molecular complexity index is 1050. The summed E-state index contributed by atoms with van der Waals surface area (Å²) in [6.07, 6.45) is 0.812. The molecule has 0 N–H and O–H groups in total. The second kappa shape index (κ2) is 8.74. The zero-order valence-electron chi connectivity index (χ0n) is 16.4. The van der Waals surface area contributed by atoms with Crippen molar-refractivity contribution in [2.45, 2.75) is 40.2 Å². The number of fused-ring (bicyclic) bond motifs is 1. The lowest BCUT2D eigenvalue weighted by Crippen LogP contribution is -2.09. The molecule has 1 heterocycles. The molecule has 0 fully saturated rings. The number of carbonyl (C=O) groups excluding carboxylic acids is 1. The van der Waals surface area contributed by atoms with E-state index < -0.39 is 5.63 Å². The highest BCUT2D eigenvalue weighted by molar-refractivity contribution is 5.84. The topological polar surface area (TPSA) is 65.7 Å². The van der Waals surface area contributed by atoms with Gasteiger partial charge in [-0.05, 0) is 56.0 Å². The van der Waals surface area contributed by atoms with Crippen LogP contribution in [0.4, 0.5) is 0 Å². The molecule has 146 valence electrons. The van der Waals surface area contributed by atoms with Crippen molar-refractivity contribution in [3.05, 3.63) is 75.1 Å². The molecule has 1 aromatic heterocycles. The standard InChI is InChI=1S/C23H24O5/c1-15-6-4-7-19(12-15)26-11-5-8-21(24)27-14-18-13-22(25)28-23-17(3)16(2)9-10-20(18)23/h4,6-7,9-10,12-13H,5,8,11,14H2,1-3H3. The first-order chi connectivity index (χ1) is 13.4. The van der Waals surface area contributed by atoms with Gasteiger partial charge in [0.25, 0.3) is 0 Å². The zero-order chi connectivity index (χ0) is 20.1. The van der Waals surface area contributed by atoms with E-state index in [1.165, 1.54) is 6.07 Å². The summed E-state index contributed by atoms with van der Waals surface area (Å²) in [7, 11) is 0. The Labute approximate surface area is 163 Å². The van der Waals surface area contributed by atoms with E-state index in [9.17, 15) is 9.59 Å². The fourth-order valence-electron chi connectivity index (χ4n) is 2.99. The van der Waals surface area contributed by atoms with E-state index in [0.717, 1.165) is 27.8 Å². The zero-order valence-corrected chi connectivity index (χ0v) is 16.4. The lowest BCUT2D eigenvalue weighted by molar-refractivity contribution is -0.145. The van der Waals surface area contributed by atoms with Crippen molar-refractivity contribution < 1.29 is 18.7 Å². The van der Waals surface area contributed by atoms with E-state index >= 15 is 0 Å². The van der Waals surface area contributed by atoms with Crippen LogP contribution in [0.3, 0.4) is 0 Å². The highest BCUT2D eigenvalue weighted by Crippen LogP contribution is 2.23. The average molecular weight is 380 g/mol. The van der Waals surface area contributed by atoms with E-state index in [1.807, 2.05) is 57.2 Å². The average Bonchev–Trinajstić information content (AvgIpc) is 2.66. The van der Waals surface area contributed by atoms with E-state index in [4.69, 9.17) is 13.9 Å². The molecule has 0 amide bonds. The fraction of sp³-hybridized carbons (Fsp3) is 0.304. The number of benzene rings is 2. The Morgan fingerprint density at radius 1 is 1.07 bits per heavy atom. The third kappa shape index (κ3) is 4.80. The van der Waals surface area contributed by atoms with Crippen LogP contribution in [-0.4, -0.2) is 12.6 Å². The summed E-state index contributed by atoms with van der Waals surface area (Å²) < 4.78 is 16.3. The summed E-state index contributed by atoms with van der Waals surface area (Å²) in [6.45, 7) is 6.35. The van der Waals surface area contributed by atoms with Gasteiger partial charge in [-0.15, -0.1) is 0 Å². The van der Waals surface area contributed by atoms with Crippen LogP contribution in [0.1, 0.15) is 35.1 Å². The van der Waals surface area contributed by atoms with Crippen LogP contribution in [-0.2, 0) is 16.1 Å². The smallest absolute Gasteiger partial charge is 0.336 e. The van der Waals surface area contributed by atoms with Crippen molar-refractivity contribution in [1.82, 2.24) is 0 Å². The van der Waals surface area contributed by atoms with Gasteiger partial charge in [0.1, 0.15) is 17.9 Å². The number of esters is 1. The van der Waals surface area contributed by atoms with Crippen LogP contribution in [0.2, 0.25) is 0 Å². The first-order valence-electron chi connectivity index (χ1n) is 9.32. The van der Waals surface area contributed by atoms with Gasteiger partial charge < -0.3 is 13.9 Å². The quantitative estimate of drug-likeness (QED) is 0.340. The number of rotatable bonds is 7. The molecule has 3 rings (SSSR count). The molecule has 0 aliphatic carbocycles. The maximum absolute atomic E-state index is 12.0. The summed E-state index contributed by atoms with van der Waals surface area (Å²) >= 11 is 0. The molecule has 0 radical (unpaired) electrons. The summed E-state index contributed by atoms with van der Waals surface area (Å²) in [6, 6.07) is 13.0. The molecule has 0 aliphatic heterocycles. The van der Waals surface area contributed by atoms with Crippen molar-refractivity contribution in [3.63, 3.8) is 0 Å². The lowest BCUT2D eigenvalue weighted by Gasteiger charge is -2.10. The van der Waals surface area contributed by atoms with Crippen molar-refractivity contribution in [1.29, 1.82) is 0 Å². The SMILES string of the molecule is Cc1cccc(OCCCC(=O)OCc2cc(=O)oc3c(C)c(C)ccc23)c1. The predicted octanol–water partition coefficient (Wildman–Crippen LogP) is 4.62. The highest BCUT2D eigenvalue weighted by atomic mass is 16.5. The number of aryl methyl sites for hydroxylation is 3. The maximum Gasteiger partial charge on any atom is 0.336 e. The third-order valence-electron chi connectivity index (χ3n) is 4.69. The number of hydrogen-bond donors (Lipinski definition) is 0. The first-order valence-corrected chi connectivity index (χ1v) is 9.32. The Kier molecular flexibility index (Phi) is 6.14. The van der Waals surface area contributed by atoms with Crippen molar-refractivity contribution in [2.75, 3.05) is 6.61 Å². The van der Waals surface area contributed by atoms with Crippen LogP contribution in [0.15, 0.2) is 51.7 Å². The molecule has 5 heteroatoms. The van der Waals surface area contributed by atoms with Crippen molar-refractivity contribution in [2.24, 2.45) is 0 Å². The predicted molar refractivity (Wildman–Crippen MR) is 108 cm³/mol. The van der Waals surface area contributed by atoms with Crippen LogP contribution in [0.25, 0.3) is 11.0 Å². The minimum absolute atomic E-state index is 0.0438. The van der Waals surface area contributed by atoms with E-state index in [-0.39, 0.29) is 19.0 Å². The van der Waals surface area contributed by atoms with E-state index in [1.54, 1.807) is 0 Å². The van der Waals surface area contributed by atoms with Gasteiger partial charge in [0, 0.05) is 23.4 Å². The van der Waals surface area contributed by atoms with Gasteiger partial charge in [0.2, 0.25) is 0 Å². The van der Waals surface area contributed by atoms with Gasteiger partial charge in [0.15, 0.2) is 0 Å². The highest BCUT2D eigenvalue weighted by Gasteiger charge is 2.11. The molecule has 0 spiro atoms. The molecular formula is C23H24O5. The number of hydrogen-bond acceptors (Lipinski definition) is 5. The summed E-state index contributed by atoms with van der Waals surface area (Å²) in [5, 5.41) is 0.790. The Hall–Kier alpha value is -3.08. The molecule has 0 aliphatic rings. The molecular weight excluding hydrogens is 356 g/mol. The minimum atomic E-state index is -0.446. The molecule has 28 heavy (non-hydrogen) atoms. The fourth-order valence-corrected chi connectivity index (χ4v) is 2.99. The van der Waals surface area contributed by atoms with Crippen LogP contribution in [0, 0.1) is 20.8 Å². The first kappa shape index (κ1) is 19.7. The molecule has 3 aromatic rings. The lowest BCUT2D eigenvalue weighted by atomic mass is 10.0. The van der Waals surface area contributed by atoms with Crippen LogP contribution < -0.4 is 10.4 Å². The molecule has 2 aromatic carbocycles. The number of carbonyl (C=O) groups is 1. The van der Waals surface area contributed by atoms with Gasteiger partial charge in [0.05, 0.1) is 6.61 Å². The Balaban J connectivity index is 1.55. The normalized spacial score (nSPS) is 10.8. The second-order valence-electron chi connectivity index (χ2n) is 6.90. The van der Waals surface area contributed by atoms with Gasteiger partial charge in [-0.3, -0.25) is 4.79 Å². The second-order valence-corrected chi connectivity index (χ2v) is 6.90. The molecule has 0 saturated heterocycles. The van der Waals surface area contributed by atoms with Crippen LogP contribution >= 0.6 is 0 Å². The molecule has 0 bridgehead atoms. The van der Waals surface area contributed by atoms with Gasteiger partial charge in [-0.1, -0.05) is 24.3 Å². The monoisotopic (exact) mass is 380 g/mol. The van der Waals surface area contributed by atoms with Crippen molar-refractivity contribution >= 4 is 16.9 Å². The maximum atomic E-state index is 12.0. The summed E-state index contributed by atoms with van der Waals surface area (Å²) in [4.78, 5) is 23.9. The van der Waals surface area contributed by atoms with E-state index in [0.29, 0.717) is 24.2 Å². The Morgan fingerprint density at radius 3 is 2.68 bits per heavy atom. The summed E-state index contributed by atoms with van der Waals surface area (Å²) in [5.41, 5.74) is 3.83. The molecule has 0 saturated carbocycles. The van der Waals surface area contributed by atoms with E-state index in [2.05, 4.69) is 0 Å². The minimum Gasteiger partial charge on any atom is -0.494 e.